The van der Waals surface area contributed by atoms with Crippen LogP contribution in [-0.4, -0.2) is 20.9 Å². The molecule has 7 heteroatoms. The van der Waals surface area contributed by atoms with Crippen molar-refractivity contribution in [3.8, 4) is 0 Å². The van der Waals surface area contributed by atoms with E-state index in [0.29, 0.717) is 12.2 Å². The normalized spacial score (nSPS) is 12.3. The van der Waals surface area contributed by atoms with Crippen molar-refractivity contribution in [2.45, 2.75) is 32.5 Å². The smallest absolute Gasteiger partial charge is 0.242 e. The zero-order valence-corrected chi connectivity index (χ0v) is 11.6. The van der Waals surface area contributed by atoms with Gasteiger partial charge in [-0.15, -0.1) is 16.4 Å². The minimum absolute atomic E-state index is 0.0602. The molecule has 0 aliphatic heterocycles. The Morgan fingerprint density at radius 2 is 2.47 bits per heavy atom. The van der Waals surface area contributed by atoms with Crippen molar-refractivity contribution in [3.05, 3.63) is 34.3 Å². The summed E-state index contributed by atoms with van der Waals surface area (Å²) < 4.78 is 1.50. The van der Waals surface area contributed by atoms with Gasteiger partial charge >= 0.3 is 0 Å². The number of thiophene rings is 1. The lowest BCUT2D eigenvalue weighted by Crippen LogP contribution is -2.31. The van der Waals surface area contributed by atoms with Crippen molar-refractivity contribution < 1.29 is 4.79 Å². The number of hydrogen-bond donors (Lipinski definition) is 2. The molecule has 0 aliphatic carbocycles. The van der Waals surface area contributed by atoms with Crippen LogP contribution in [0.15, 0.2) is 23.7 Å². The average Bonchev–Trinajstić information content (AvgIpc) is 3.06. The third-order valence-corrected chi connectivity index (χ3v) is 3.72. The molecule has 0 aromatic carbocycles. The summed E-state index contributed by atoms with van der Waals surface area (Å²) in [5.41, 5.74) is 6.12. The van der Waals surface area contributed by atoms with Crippen LogP contribution in [0.25, 0.3) is 0 Å². The van der Waals surface area contributed by atoms with E-state index < -0.39 is 0 Å². The molecule has 1 unspecified atom stereocenters. The molecule has 1 amide bonds. The van der Waals surface area contributed by atoms with Gasteiger partial charge < -0.3 is 11.1 Å². The van der Waals surface area contributed by atoms with Gasteiger partial charge in [0, 0.05) is 11.4 Å². The fraction of sp³-hybridized carbons (Fsp3) is 0.417. The van der Waals surface area contributed by atoms with Gasteiger partial charge in [-0.05, 0) is 17.9 Å². The van der Waals surface area contributed by atoms with Crippen LogP contribution in [0.5, 0.6) is 0 Å². The molecule has 3 N–H and O–H groups in total. The van der Waals surface area contributed by atoms with E-state index in [0.717, 1.165) is 11.3 Å². The van der Waals surface area contributed by atoms with E-state index >= 15 is 0 Å². The summed E-state index contributed by atoms with van der Waals surface area (Å²) in [6.45, 7) is 2.54. The number of hydrogen-bond acceptors (Lipinski definition) is 5. The van der Waals surface area contributed by atoms with Gasteiger partial charge in [-0.2, -0.15) is 0 Å². The molecular formula is C12H17N5OS. The lowest BCUT2D eigenvalue weighted by molar-refractivity contribution is -0.122. The number of aromatic nitrogens is 3. The molecule has 0 spiro atoms. The van der Waals surface area contributed by atoms with Crippen molar-refractivity contribution in [1.29, 1.82) is 0 Å². The Labute approximate surface area is 115 Å². The molecular weight excluding hydrogens is 262 g/mol. The lowest BCUT2D eigenvalue weighted by Gasteiger charge is -2.15. The maximum atomic E-state index is 11.9. The molecule has 2 rings (SSSR count). The second-order valence-electron chi connectivity index (χ2n) is 4.16. The van der Waals surface area contributed by atoms with Crippen LogP contribution in [0.1, 0.15) is 30.0 Å². The Bertz CT molecular complexity index is 522. The standard InChI is InChI=1S/C12H17N5OS/c1-2-10(11-4-3-5-19-11)14-12(18)8-17-7-9(6-13)15-16-17/h3-5,7,10H,2,6,8,13H2,1H3,(H,14,18). The summed E-state index contributed by atoms with van der Waals surface area (Å²) in [7, 11) is 0. The van der Waals surface area contributed by atoms with E-state index in [1.807, 2.05) is 24.4 Å². The highest BCUT2D eigenvalue weighted by molar-refractivity contribution is 7.10. The fourth-order valence-corrected chi connectivity index (χ4v) is 2.62. The third kappa shape index (κ3) is 3.62. The Balaban J connectivity index is 1.93. The number of nitrogens with two attached hydrogens (primary N) is 1. The van der Waals surface area contributed by atoms with Crippen LogP contribution >= 0.6 is 11.3 Å². The Morgan fingerprint density at radius 1 is 1.63 bits per heavy atom. The molecule has 6 nitrogen and oxygen atoms in total. The van der Waals surface area contributed by atoms with Crippen LogP contribution in [-0.2, 0) is 17.9 Å². The van der Waals surface area contributed by atoms with E-state index in [1.54, 1.807) is 17.5 Å². The van der Waals surface area contributed by atoms with Crippen molar-refractivity contribution in [1.82, 2.24) is 20.3 Å². The molecule has 0 saturated carbocycles. The number of carbonyl (C=O) groups is 1. The summed E-state index contributed by atoms with van der Waals surface area (Å²) >= 11 is 1.65. The number of amides is 1. The van der Waals surface area contributed by atoms with Gasteiger partial charge in [-0.3, -0.25) is 4.79 Å². The molecule has 2 heterocycles. The van der Waals surface area contributed by atoms with Gasteiger partial charge in [-0.25, -0.2) is 4.68 Å². The summed E-state index contributed by atoms with van der Waals surface area (Å²) in [4.78, 5) is 13.1. The topological polar surface area (TPSA) is 85.8 Å². The molecule has 0 bridgehead atoms. The van der Waals surface area contributed by atoms with Crippen molar-refractivity contribution in [2.24, 2.45) is 5.73 Å². The predicted molar refractivity (Wildman–Crippen MR) is 73.4 cm³/mol. The minimum atomic E-state index is -0.0753. The largest absolute Gasteiger partial charge is 0.347 e. The van der Waals surface area contributed by atoms with Crippen LogP contribution < -0.4 is 11.1 Å². The first kappa shape index (κ1) is 13.7. The van der Waals surface area contributed by atoms with Crippen LogP contribution in [0.2, 0.25) is 0 Å². The molecule has 1 atom stereocenters. The predicted octanol–water partition coefficient (Wildman–Crippen LogP) is 1.07. The summed E-state index contributed by atoms with van der Waals surface area (Å²) in [5, 5.41) is 12.7. The van der Waals surface area contributed by atoms with Crippen LogP contribution in [0.3, 0.4) is 0 Å². The fourth-order valence-electron chi connectivity index (χ4n) is 1.76. The lowest BCUT2D eigenvalue weighted by atomic mass is 10.2. The molecule has 2 aromatic heterocycles. The highest BCUT2D eigenvalue weighted by Crippen LogP contribution is 2.21. The van der Waals surface area contributed by atoms with E-state index in [-0.39, 0.29) is 18.5 Å². The molecule has 2 aromatic rings. The highest BCUT2D eigenvalue weighted by atomic mass is 32.1. The Hall–Kier alpha value is -1.73. The monoisotopic (exact) mass is 279 g/mol. The second kappa shape index (κ2) is 6.44. The highest BCUT2D eigenvalue weighted by Gasteiger charge is 2.14. The zero-order chi connectivity index (χ0) is 13.7. The quantitative estimate of drug-likeness (QED) is 0.828. The van der Waals surface area contributed by atoms with E-state index in [1.165, 1.54) is 4.68 Å². The first-order valence-electron chi connectivity index (χ1n) is 6.14. The zero-order valence-electron chi connectivity index (χ0n) is 10.7. The van der Waals surface area contributed by atoms with Crippen LogP contribution in [0, 0.1) is 0 Å². The van der Waals surface area contributed by atoms with E-state index in [4.69, 9.17) is 5.73 Å². The SMILES string of the molecule is CCC(NC(=O)Cn1cc(CN)nn1)c1cccs1. The number of carbonyl (C=O) groups excluding carboxylic acids is 1. The molecule has 0 radical (unpaired) electrons. The van der Waals surface area contributed by atoms with Crippen molar-refractivity contribution in [3.63, 3.8) is 0 Å². The van der Waals surface area contributed by atoms with Gasteiger partial charge in [0.15, 0.2) is 0 Å². The third-order valence-electron chi connectivity index (χ3n) is 2.73. The van der Waals surface area contributed by atoms with Crippen molar-refractivity contribution >= 4 is 17.2 Å². The maximum Gasteiger partial charge on any atom is 0.242 e. The Kier molecular flexibility index (Phi) is 4.64. The second-order valence-corrected chi connectivity index (χ2v) is 5.13. The van der Waals surface area contributed by atoms with Gasteiger partial charge in [-0.1, -0.05) is 18.2 Å². The number of nitrogens with one attached hydrogen (secondary N) is 1. The average molecular weight is 279 g/mol. The van der Waals surface area contributed by atoms with Gasteiger partial charge in [0.1, 0.15) is 6.54 Å². The first-order valence-corrected chi connectivity index (χ1v) is 7.02. The van der Waals surface area contributed by atoms with Crippen molar-refractivity contribution in [2.75, 3.05) is 0 Å². The first-order chi connectivity index (χ1) is 9.22. The number of nitrogens with zero attached hydrogens (tertiary/aromatic N) is 3. The van der Waals surface area contributed by atoms with Gasteiger partial charge in [0.05, 0.1) is 17.9 Å². The summed E-state index contributed by atoms with van der Waals surface area (Å²) in [6.07, 6.45) is 2.54. The molecule has 102 valence electrons. The van der Waals surface area contributed by atoms with Crippen LogP contribution in [0.4, 0.5) is 0 Å². The summed E-state index contributed by atoms with van der Waals surface area (Å²) in [5.74, 6) is -0.0753. The van der Waals surface area contributed by atoms with Gasteiger partial charge in [0.2, 0.25) is 5.91 Å². The molecule has 19 heavy (non-hydrogen) atoms. The molecule has 0 aliphatic rings. The maximum absolute atomic E-state index is 11.9. The molecule has 0 fully saturated rings. The van der Waals surface area contributed by atoms with E-state index in [9.17, 15) is 4.79 Å². The van der Waals surface area contributed by atoms with E-state index in [2.05, 4.69) is 15.6 Å². The van der Waals surface area contributed by atoms with Gasteiger partial charge in [0.25, 0.3) is 0 Å². The molecule has 0 saturated heterocycles. The minimum Gasteiger partial charge on any atom is -0.347 e. The number of rotatable bonds is 6. The summed E-state index contributed by atoms with van der Waals surface area (Å²) in [6, 6.07) is 4.07. The Morgan fingerprint density at radius 3 is 3.05 bits per heavy atom.